The van der Waals surface area contributed by atoms with Crippen LogP contribution >= 0.6 is 0 Å². The lowest BCUT2D eigenvalue weighted by Crippen LogP contribution is -2.29. The molecule has 0 radical (unpaired) electrons. The maximum absolute atomic E-state index is 13.9. The monoisotopic (exact) mass is 554 g/mol. The first-order chi connectivity index (χ1) is 19.5. The van der Waals surface area contributed by atoms with E-state index in [9.17, 15) is 14.0 Å². The lowest BCUT2D eigenvalue weighted by Gasteiger charge is -2.28. The first-order valence-corrected chi connectivity index (χ1v) is 15.4. The minimum atomic E-state index is -1.49. The van der Waals surface area contributed by atoms with Crippen molar-refractivity contribution < 1.29 is 28.2 Å². The third kappa shape index (κ3) is 11.3. The number of esters is 2. The number of ether oxygens (including phenoxy) is 3. The summed E-state index contributed by atoms with van der Waals surface area (Å²) in [7, 11) is 0. The van der Waals surface area contributed by atoms with Crippen molar-refractivity contribution in [1.29, 1.82) is 0 Å². The number of hydrogen-bond donors (Lipinski definition) is 0. The Balaban J connectivity index is 1.33. The molecule has 1 aliphatic rings. The molecule has 0 spiro atoms. The van der Waals surface area contributed by atoms with Gasteiger partial charge in [0.15, 0.2) is 6.17 Å². The molecule has 0 heterocycles. The predicted octanol–water partition coefficient (Wildman–Crippen LogP) is 8.82. The van der Waals surface area contributed by atoms with Crippen molar-refractivity contribution in [2.75, 3.05) is 6.61 Å². The third-order valence-corrected chi connectivity index (χ3v) is 7.73. The van der Waals surface area contributed by atoms with Crippen molar-refractivity contribution in [3.8, 4) is 11.5 Å². The highest BCUT2D eigenvalue weighted by atomic mass is 19.1. The number of hydrogen-bond acceptors (Lipinski definition) is 5. The van der Waals surface area contributed by atoms with E-state index >= 15 is 0 Å². The van der Waals surface area contributed by atoms with Gasteiger partial charge < -0.3 is 14.2 Å². The third-order valence-electron chi connectivity index (χ3n) is 7.73. The van der Waals surface area contributed by atoms with Crippen LogP contribution in [0.4, 0.5) is 4.39 Å². The Kier molecular flexibility index (Phi) is 14.0. The quantitative estimate of drug-likeness (QED) is 0.111. The summed E-state index contributed by atoms with van der Waals surface area (Å²) in [4.78, 5) is 24.5. The normalized spacial score (nSPS) is 17.7. The lowest BCUT2D eigenvalue weighted by atomic mass is 9.83. The van der Waals surface area contributed by atoms with Gasteiger partial charge in [0.2, 0.25) is 0 Å². The predicted molar refractivity (Wildman–Crippen MR) is 157 cm³/mol. The summed E-state index contributed by atoms with van der Waals surface area (Å²) < 4.78 is 30.6. The molecule has 0 N–H and O–H groups in total. The highest BCUT2D eigenvalue weighted by molar-refractivity contribution is 5.91. The van der Waals surface area contributed by atoms with Gasteiger partial charge >= 0.3 is 11.9 Å². The van der Waals surface area contributed by atoms with Gasteiger partial charge in [0.1, 0.15) is 17.6 Å². The first-order valence-electron chi connectivity index (χ1n) is 15.4. The van der Waals surface area contributed by atoms with Crippen LogP contribution in [0.15, 0.2) is 48.5 Å². The highest BCUT2D eigenvalue weighted by Crippen LogP contribution is 2.30. The number of carbonyl (C=O) groups excluding carboxylic acids is 2. The Morgan fingerprint density at radius 2 is 1.48 bits per heavy atom. The molecule has 220 valence electrons. The Morgan fingerprint density at radius 1 is 0.825 bits per heavy atom. The molecule has 2 aromatic rings. The summed E-state index contributed by atoms with van der Waals surface area (Å²) in [5.41, 5.74) is 1.68. The van der Waals surface area contributed by atoms with Gasteiger partial charge in [-0.1, -0.05) is 64.5 Å². The molecular formula is C34H47FO5. The molecule has 0 aliphatic heterocycles. The van der Waals surface area contributed by atoms with Crippen molar-refractivity contribution in [2.24, 2.45) is 5.92 Å². The molecule has 2 aromatic carbocycles. The van der Waals surface area contributed by atoms with Crippen LogP contribution < -0.4 is 9.47 Å². The number of benzene rings is 2. The minimum Gasteiger partial charge on any atom is -0.494 e. The number of alkyl halides is 1. The van der Waals surface area contributed by atoms with Crippen molar-refractivity contribution in [3.05, 3.63) is 59.7 Å². The molecule has 1 aliphatic carbocycles. The van der Waals surface area contributed by atoms with Crippen LogP contribution in [0.2, 0.25) is 0 Å². The second-order valence-electron chi connectivity index (χ2n) is 11.0. The topological polar surface area (TPSA) is 61.8 Å². The van der Waals surface area contributed by atoms with Crippen molar-refractivity contribution >= 4 is 11.9 Å². The highest BCUT2D eigenvalue weighted by Gasteiger charge is 2.27. The number of halogens is 1. The molecular weight excluding hydrogens is 507 g/mol. The maximum Gasteiger partial charge on any atom is 0.343 e. The Bertz CT molecular complexity index is 996. The van der Waals surface area contributed by atoms with Crippen molar-refractivity contribution in [1.82, 2.24) is 0 Å². The average molecular weight is 555 g/mol. The van der Waals surface area contributed by atoms with E-state index in [2.05, 4.69) is 6.92 Å². The van der Waals surface area contributed by atoms with Gasteiger partial charge in [-0.3, -0.25) is 0 Å². The summed E-state index contributed by atoms with van der Waals surface area (Å²) in [6.07, 6.45) is 11.7. The molecule has 0 bridgehead atoms. The van der Waals surface area contributed by atoms with Crippen molar-refractivity contribution in [2.45, 2.75) is 116 Å². The molecule has 5 nitrogen and oxygen atoms in total. The summed E-state index contributed by atoms with van der Waals surface area (Å²) in [5.74, 6) is 0.782. The van der Waals surface area contributed by atoms with Gasteiger partial charge in [-0.05, 0) is 99.2 Å². The van der Waals surface area contributed by atoms with Crippen LogP contribution in [0.25, 0.3) is 0 Å². The van der Waals surface area contributed by atoms with Gasteiger partial charge in [0.25, 0.3) is 0 Å². The zero-order valence-corrected chi connectivity index (χ0v) is 24.4. The van der Waals surface area contributed by atoms with E-state index in [0.717, 1.165) is 57.1 Å². The standard InChI is InChI=1S/C34H47FO5/c1-3-5-7-8-9-25-38-29-23-17-28(18-24-29)33(36)39-30-19-13-26(14-20-30)11-12-27-15-21-31(22-16-27)40-34(37)32(35)10-6-4-2/h13-14,17-20,23-24,27,31-32H,3-12,15-16,21-22,25H2,1-2H3/t27?,31?,32-/m0/s1. The summed E-state index contributed by atoms with van der Waals surface area (Å²) in [6.45, 7) is 4.88. The van der Waals surface area contributed by atoms with E-state index in [1.807, 2.05) is 43.3 Å². The number of aryl methyl sites for hydroxylation is 1. The van der Waals surface area contributed by atoms with E-state index in [4.69, 9.17) is 14.2 Å². The zero-order valence-electron chi connectivity index (χ0n) is 24.4. The van der Waals surface area contributed by atoms with Crippen LogP contribution in [0, 0.1) is 5.92 Å². The molecule has 1 atom stereocenters. The van der Waals surface area contributed by atoms with E-state index < -0.39 is 12.1 Å². The van der Waals surface area contributed by atoms with Gasteiger partial charge in [-0.15, -0.1) is 0 Å². The second kappa shape index (κ2) is 17.7. The summed E-state index contributed by atoms with van der Waals surface area (Å²) in [5, 5.41) is 0. The fourth-order valence-electron chi connectivity index (χ4n) is 5.12. The fourth-order valence-corrected chi connectivity index (χ4v) is 5.12. The average Bonchev–Trinajstić information content (AvgIpc) is 2.98. The molecule has 6 heteroatoms. The van der Waals surface area contributed by atoms with Crippen LogP contribution in [0.3, 0.4) is 0 Å². The van der Waals surface area contributed by atoms with E-state index in [1.165, 1.54) is 31.2 Å². The molecule has 0 saturated heterocycles. The Hall–Kier alpha value is -2.89. The van der Waals surface area contributed by atoms with Gasteiger partial charge in [0, 0.05) is 0 Å². The zero-order chi connectivity index (χ0) is 28.6. The summed E-state index contributed by atoms with van der Waals surface area (Å²) >= 11 is 0. The van der Waals surface area contributed by atoms with Crippen LogP contribution in [0.5, 0.6) is 11.5 Å². The molecule has 0 amide bonds. The number of rotatable bonds is 17. The SMILES string of the molecule is CCCCCCCOc1ccc(C(=O)Oc2ccc(CCC3CCC(OC(=O)[C@@H](F)CCCC)CC3)cc2)cc1. The van der Waals surface area contributed by atoms with E-state index in [1.54, 1.807) is 12.1 Å². The van der Waals surface area contributed by atoms with Gasteiger partial charge in [-0.25, -0.2) is 14.0 Å². The Labute approximate surface area is 239 Å². The first kappa shape index (κ1) is 31.6. The van der Waals surface area contributed by atoms with Crippen LogP contribution in [-0.4, -0.2) is 30.8 Å². The molecule has 0 unspecified atom stereocenters. The van der Waals surface area contributed by atoms with Gasteiger partial charge in [0.05, 0.1) is 12.2 Å². The van der Waals surface area contributed by atoms with Gasteiger partial charge in [-0.2, -0.15) is 0 Å². The lowest BCUT2D eigenvalue weighted by molar-refractivity contribution is -0.157. The molecule has 1 fully saturated rings. The number of carbonyl (C=O) groups is 2. The molecule has 3 rings (SSSR count). The van der Waals surface area contributed by atoms with Crippen LogP contribution in [-0.2, 0) is 16.0 Å². The molecule has 40 heavy (non-hydrogen) atoms. The molecule has 1 saturated carbocycles. The smallest absolute Gasteiger partial charge is 0.343 e. The van der Waals surface area contributed by atoms with E-state index in [-0.39, 0.29) is 18.5 Å². The number of unbranched alkanes of at least 4 members (excludes halogenated alkanes) is 5. The van der Waals surface area contributed by atoms with E-state index in [0.29, 0.717) is 30.3 Å². The largest absolute Gasteiger partial charge is 0.494 e. The second-order valence-corrected chi connectivity index (χ2v) is 11.0. The van der Waals surface area contributed by atoms with Crippen molar-refractivity contribution in [3.63, 3.8) is 0 Å². The van der Waals surface area contributed by atoms with Crippen LogP contribution in [0.1, 0.15) is 113 Å². The molecule has 0 aromatic heterocycles. The summed E-state index contributed by atoms with van der Waals surface area (Å²) in [6, 6.07) is 14.8. The maximum atomic E-state index is 13.9. The Morgan fingerprint density at radius 3 is 2.15 bits per heavy atom. The minimum absolute atomic E-state index is 0.151. The fraction of sp³-hybridized carbons (Fsp3) is 0.588.